The number of allylic oxidation sites excluding steroid dienone is 1. The molecule has 0 aliphatic carbocycles. The van der Waals surface area contributed by atoms with Gasteiger partial charge in [-0.15, -0.1) is 0 Å². The van der Waals surface area contributed by atoms with Gasteiger partial charge in [0, 0.05) is 6.20 Å². The number of carbonyl (C=O) groups is 2. The van der Waals surface area contributed by atoms with E-state index in [1.165, 1.54) is 6.20 Å². The monoisotopic (exact) mass is 382 g/mol. The number of carboxylic acid groups (broad SMARTS) is 1. The van der Waals surface area contributed by atoms with Gasteiger partial charge in [-0.05, 0) is 24.0 Å². The number of benzene rings is 2. The van der Waals surface area contributed by atoms with Crippen molar-refractivity contribution in [3.8, 4) is 0 Å². The first-order chi connectivity index (χ1) is 13.6. The fraction of sp³-hybridized carbons (Fsp3) is 0.238. The molecule has 1 atom stereocenters. The number of carbonyl (C=O) groups excluding carboxylic acids is 1. The van der Waals surface area contributed by atoms with Crippen molar-refractivity contribution in [1.29, 1.82) is 0 Å². The Labute approximate surface area is 163 Å². The maximum atomic E-state index is 12.6. The first-order valence-corrected chi connectivity index (χ1v) is 8.99. The minimum absolute atomic E-state index is 0.114. The van der Waals surface area contributed by atoms with Crippen LogP contribution in [0.3, 0.4) is 0 Å². The van der Waals surface area contributed by atoms with Crippen LogP contribution < -0.4 is 5.32 Å². The highest BCUT2D eigenvalue weighted by atomic mass is 16.7. The molecule has 0 bridgehead atoms. The zero-order chi connectivity index (χ0) is 19.8. The van der Waals surface area contributed by atoms with Crippen LogP contribution in [0.5, 0.6) is 0 Å². The molecule has 2 aromatic carbocycles. The molecule has 1 aliphatic heterocycles. The lowest BCUT2D eigenvalue weighted by Crippen LogP contribution is -2.40. The highest BCUT2D eigenvalue weighted by Crippen LogP contribution is 2.20. The van der Waals surface area contributed by atoms with E-state index in [4.69, 9.17) is 14.7 Å². The van der Waals surface area contributed by atoms with Crippen molar-refractivity contribution in [2.24, 2.45) is 0 Å². The number of hydrogen-bond donors (Lipinski definition) is 2. The van der Waals surface area contributed by atoms with Gasteiger partial charge in [0.1, 0.15) is 19.3 Å². The standard InChI is InChI=1S/C21H22N2O5/c24-20(25)19-12-11-18(13-22-19)23(28-15-17-9-5-2-6-10-17)21(26)27-14-16-7-3-1-4-8-16/h1-10,13,19,22H,11-12,14-15H2,(H,24,25)/t19-/m0/s1. The van der Waals surface area contributed by atoms with E-state index >= 15 is 0 Å². The summed E-state index contributed by atoms with van der Waals surface area (Å²) in [6.07, 6.45) is 1.57. The number of rotatable bonds is 7. The Hall–Kier alpha value is -3.32. The van der Waals surface area contributed by atoms with Crippen molar-refractivity contribution in [2.45, 2.75) is 32.1 Å². The molecule has 146 valence electrons. The topological polar surface area (TPSA) is 88.1 Å². The molecule has 1 amide bonds. The summed E-state index contributed by atoms with van der Waals surface area (Å²) in [6.45, 7) is 0.296. The zero-order valence-electron chi connectivity index (χ0n) is 15.3. The number of carboxylic acids is 1. The van der Waals surface area contributed by atoms with Crippen LogP contribution in [-0.4, -0.2) is 28.3 Å². The van der Waals surface area contributed by atoms with Gasteiger partial charge in [0.05, 0.1) is 5.70 Å². The smallest absolute Gasteiger partial charge is 0.438 e. The third-order valence-corrected chi connectivity index (χ3v) is 4.27. The third kappa shape index (κ3) is 5.34. The Balaban J connectivity index is 1.68. The highest BCUT2D eigenvalue weighted by Gasteiger charge is 2.27. The lowest BCUT2D eigenvalue weighted by atomic mass is 10.1. The van der Waals surface area contributed by atoms with Crippen LogP contribution in [0.4, 0.5) is 4.79 Å². The van der Waals surface area contributed by atoms with Gasteiger partial charge >= 0.3 is 12.1 Å². The largest absolute Gasteiger partial charge is 0.480 e. The summed E-state index contributed by atoms with van der Waals surface area (Å²) < 4.78 is 5.38. The number of nitrogens with zero attached hydrogens (tertiary/aromatic N) is 1. The Morgan fingerprint density at radius 2 is 1.61 bits per heavy atom. The molecule has 1 aliphatic rings. The number of amides is 1. The number of aliphatic carboxylic acids is 1. The predicted molar refractivity (Wildman–Crippen MR) is 102 cm³/mol. The molecule has 3 rings (SSSR count). The summed E-state index contributed by atoms with van der Waals surface area (Å²) in [5.74, 6) is -0.932. The molecule has 0 spiro atoms. The Morgan fingerprint density at radius 3 is 2.14 bits per heavy atom. The molecule has 0 fully saturated rings. The van der Waals surface area contributed by atoms with Crippen LogP contribution in [-0.2, 0) is 27.6 Å². The molecule has 7 nitrogen and oxygen atoms in total. The summed E-state index contributed by atoms with van der Waals surface area (Å²) in [5.41, 5.74) is 2.28. The summed E-state index contributed by atoms with van der Waals surface area (Å²) in [6, 6.07) is 18.1. The second-order valence-corrected chi connectivity index (χ2v) is 6.33. The van der Waals surface area contributed by atoms with Gasteiger partial charge in [-0.3, -0.25) is 4.84 Å². The first-order valence-electron chi connectivity index (χ1n) is 8.99. The van der Waals surface area contributed by atoms with E-state index in [1.807, 2.05) is 60.7 Å². The van der Waals surface area contributed by atoms with E-state index in [2.05, 4.69) is 5.32 Å². The number of hydrogen-bond acceptors (Lipinski definition) is 5. The van der Waals surface area contributed by atoms with Crippen molar-refractivity contribution in [3.63, 3.8) is 0 Å². The summed E-state index contributed by atoms with van der Waals surface area (Å²) in [5, 5.41) is 13.0. The maximum Gasteiger partial charge on any atom is 0.438 e. The van der Waals surface area contributed by atoms with E-state index < -0.39 is 18.1 Å². The van der Waals surface area contributed by atoms with E-state index in [-0.39, 0.29) is 13.2 Å². The normalized spacial score (nSPS) is 15.9. The van der Waals surface area contributed by atoms with Crippen molar-refractivity contribution >= 4 is 12.1 Å². The number of nitrogens with one attached hydrogen (secondary N) is 1. The molecular formula is C21H22N2O5. The van der Waals surface area contributed by atoms with Gasteiger partial charge in [0.25, 0.3) is 0 Å². The summed E-state index contributed by atoms with van der Waals surface area (Å²) in [7, 11) is 0. The molecular weight excluding hydrogens is 360 g/mol. The molecule has 0 radical (unpaired) electrons. The summed E-state index contributed by atoms with van der Waals surface area (Å²) in [4.78, 5) is 29.5. The molecule has 28 heavy (non-hydrogen) atoms. The van der Waals surface area contributed by atoms with Gasteiger partial charge in [-0.2, -0.15) is 5.06 Å². The van der Waals surface area contributed by atoms with E-state index in [0.29, 0.717) is 18.5 Å². The first kappa shape index (κ1) is 19.4. The van der Waals surface area contributed by atoms with Gasteiger partial charge in [0.2, 0.25) is 0 Å². The minimum atomic E-state index is -0.932. The van der Waals surface area contributed by atoms with Crippen LogP contribution >= 0.6 is 0 Å². The Kier molecular flexibility index (Phi) is 6.64. The van der Waals surface area contributed by atoms with E-state index in [1.54, 1.807) is 0 Å². The van der Waals surface area contributed by atoms with Gasteiger partial charge in [-0.1, -0.05) is 60.7 Å². The molecule has 2 aromatic rings. The van der Waals surface area contributed by atoms with Crippen LogP contribution in [0.1, 0.15) is 24.0 Å². The second-order valence-electron chi connectivity index (χ2n) is 6.33. The molecule has 0 saturated carbocycles. The molecule has 0 aromatic heterocycles. The fourth-order valence-electron chi connectivity index (χ4n) is 2.74. The average Bonchev–Trinajstić information content (AvgIpc) is 2.74. The number of hydroxylamine groups is 2. The predicted octanol–water partition coefficient (Wildman–Crippen LogP) is 3.44. The quantitative estimate of drug-likeness (QED) is 0.714. The fourth-order valence-corrected chi connectivity index (χ4v) is 2.74. The van der Waals surface area contributed by atoms with Crippen LogP contribution in [0.25, 0.3) is 0 Å². The van der Waals surface area contributed by atoms with Crippen molar-refractivity contribution in [1.82, 2.24) is 10.4 Å². The molecule has 2 N–H and O–H groups in total. The van der Waals surface area contributed by atoms with E-state index in [0.717, 1.165) is 16.2 Å². The van der Waals surface area contributed by atoms with Crippen molar-refractivity contribution in [3.05, 3.63) is 83.7 Å². The van der Waals surface area contributed by atoms with E-state index in [9.17, 15) is 9.59 Å². The van der Waals surface area contributed by atoms with Crippen molar-refractivity contribution < 1.29 is 24.3 Å². The molecule has 7 heteroatoms. The molecule has 0 saturated heterocycles. The second kappa shape index (κ2) is 9.57. The number of ether oxygens (including phenoxy) is 1. The lowest BCUT2D eigenvalue weighted by Gasteiger charge is -2.28. The molecule has 1 heterocycles. The van der Waals surface area contributed by atoms with Gasteiger partial charge in [0.15, 0.2) is 0 Å². The van der Waals surface area contributed by atoms with Gasteiger partial charge in [-0.25, -0.2) is 9.59 Å². The SMILES string of the molecule is O=C(O)[C@@H]1CCC(N(OCc2ccccc2)C(=O)OCc2ccccc2)=CN1. The van der Waals surface area contributed by atoms with Crippen LogP contribution in [0, 0.1) is 0 Å². The highest BCUT2D eigenvalue weighted by molar-refractivity contribution is 5.74. The maximum absolute atomic E-state index is 12.6. The third-order valence-electron chi connectivity index (χ3n) is 4.27. The Morgan fingerprint density at radius 1 is 1.00 bits per heavy atom. The van der Waals surface area contributed by atoms with Gasteiger partial charge < -0.3 is 15.2 Å². The summed E-state index contributed by atoms with van der Waals surface area (Å²) >= 11 is 0. The van der Waals surface area contributed by atoms with Crippen LogP contribution in [0.15, 0.2) is 72.6 Å². The Bertz CT molecular complexity index is 823. The minimum Gasteiger partial charge on any atom is -0.480 e. The molecule has 0 unspecified atom stereocenters. The van der Waals surface area contributed by atoms with Crippen LogP contribution in [0.2, 0.25) is 0 Å². The zero-order valence-corrected chi connectivity index (χ0v) is 15.3. The average molecular weight is 382 g/mol. The lowest BCUT2D eigenvalue weighted by molar-refractivity contribution is -0.140. The van der Waals surface area contributed by atoms with Crippen molar-refractivity contribution in [2.75, 3.05) is 0 Å².